The number of fused-ring (bicyclic) bond motifs is 5. The van der Waals surface area contributed by atoms with Gasteiger partial charge in [-0.25, -0.2) is 4.98 Å². The third-order valence-electron chi connectivity index (χ3n) is 3.92. The van der Waals surface area contributed by atoms with Crippen LogP contribution in [-0.4, -0.2) is 26.9 Å². The van der Waals surface area contributed by atoms with Crippen molar-refractivity contribution in [3.8, 4) is 5.69 Å². The number of nitrogens with zero attached hydrogens (tertiary/aromatic N) is 3. The zero-order valence-corrected chi connectivity index (χ0v) is 9.91. The molecule has 90 valence electrons. The van der Waals surface area contributed by atoms with Crippen LogP contribution in [0.25, 0.3) is 5.69 Å². The van der Waals surface area contributed by atoms with Crippen molar-refractivity contribution < 1.29 is 4.79 Å². The molecule has 3 heterocycles. The Morgan fingerprint density at radius 3 is 3.11 bits per heavy atom. The molecule has 0 bridgehead atoms. The van der Waals surface area contributed by atoms with Crippen LogP contribution in [0.4, 0.5) is 0 Å². The Hall–Kier alpha value is -2.10. The minimum Gasteiger partial charge on any atom is -0.330 e. The Morgan fingerprint density at radius 2 is 2.17 bits per heavy atom. The molecular weight excluding hydrogens is 226 g/mol. The molecule has 1 aromatic heterocycles. The van der Waals surface area contributed by atoms with Crippen molar-refractivity contribution in [1.29, 1.82) is 0 Å². The minimum atomic E-state index is 0.150. The standard InChI is InChI=1S/C14H13N3O/c18-14-10-4-1-2-5-11(10)17-9-15-8-13(17)12-6-3-7-16(12)14/h1-2,4-5,8-9,12H,3,6-7H2/t12-/m0/s1. The third kappa shape index (κ3) is 1.15. The van der Waals surface area contributed by atoms with Gasteiger partial charge in [0.2, 0.25) is 0 Å². The summed E-state index contributed by atoms with van der Waals surface area (Å²) in [6.45, 7) is 0.850. The van der Waals surface area contributed by atoms with Crippen molar-refractivity contribution in [2.75, 3.05) is 6.54 Å². The van der Waals surface area contributed by atoms with E-state index in [-0.39, 0.29) is 11.9 Å². The van der Waals surface area contributed by atoms with Crippen molar-refractivity contribution in [2.24, 2.45) is 0 Å². The summed E-state index contributed by atoms with van der Waals surface area (Å²) in [5.74, 6) is 0.150. The molecule has 4 rings (SSSR count). The lowest BCUT2D eigenvalue weighted by Crippen LogP contribution is -2.29. The Morgan fingerprint density at radius 1 is 1.28 bits per heavy atom. The Balaban J connectivity index is 2.04. The predicted molar refractivity (Wildman–Crippen MR) is 66.6 cm³/mol. The summed E-state index contributed by atoms with van der Waals surface area (Å²) in [6.07, 6.45) is 5.80. The van der Waals surface area contributed by atoms with E-state index in [1.165, 1.54) is 0 Å². The van der Waals surface area contributed by atoms with Gasteiger partial charge in [-0.2, -0.15) is 0 Å². The van der Waals surface area contributed by atoms with Crippen LogP contribution in [0.3, 0.4) is 0 Å². The van der Waals surface area contributed by atoms with Gasteiger partial charge in [-0.1, -0.05) is 12.1 Å². The Kier molecular flexibility index (Phi) is 1.89. The van der Waals surface area contributed by atoms with E-state index in [0.717, 1.165) is 36.3 Å². The quantitative estimate of drug-likeness (QED) is 0.706. The van der Waals surface area contributed by atoms with Gasteiger partial charge in [0.15, 0.2) is 0 Å². The molecule has 0 unspecified atom stereocenters. The average Bonchev–Trinajstić information content (AvgIpc) is 3.04. The highest BCUT2D eigenvalue weighted by Crippen LogP contribution is 2.37. The van der Waals surface area contributed by atoms with Gasteiger partial charge in [0.05, 0.1) is 35.5 Å². The van der Waals surface area contributed by atoms with E-state index in [2.05, 4.69) is 9.55 Å². The summed E-state index contributed by atoms with van der Waals surface area (Å²) in [6, 6.07) is 7.96. The smallest absolute Gasteiger partial charge is 0.256 e. The van der Waals surface area contributed by atoms with E-state index < -0.39 is 0 Å². The van der Waals surface area contributed by atoms with Crippen LogP contribution in [-0.2, 0) is 0 Å². The van der Waals surface area contributed by atoms with Crippen LogP contribution in [0.1, 0.15) is 34.9 Å². The van der Waals surface area contributed by atoms with E-state index >= 15 is 0 Å². The molecule has 18 heavy (non-hydrogen) atoms. The molecule has 0 spiro atoms. The van der Waals surface area contributed by atoms with E-state index in [9.17, 15) is 4.79 Å². The normalized spacial score (nSPS) is 21.2. The molecule has 1 amide bonds. The van der Waals surface area contributed by atoms with Gasteiger partial charge < -0.3 is 9.47 Å². The number of hydrogen-bond donors (Lipinski definition) is 0. The highest BCUT2D eigenvalue weighted by molar-refractivity contribution is 5.98. The van der Waals surface area contributed by atoms with Crippen LogP contribution in [0.5, 0.6) is 0 Å². The van der Waals surface area contributed by atoms with Gasteiger partial charge in [-0.05, 0) is 25.0 Å². The monoisotopic (exact) mass is 239 g/mol. The van der Waals surface area contributed by atoms with E-state index in [0.29, 0.717) is 0 Å². The highest BCUT2D eigenvalue weighted by Gasteiger charge is 2.36. The van der Waals surface area contributed by atoms with Crippen molar-refractivity contribution in [2.45, 2.75) is 18.9 Å². The minimum absolute atomic E-state index is 0.150. The molecule has 0 aliphatic carbocycles. The van der Waals surface area contributed by atoms with Crippen molar-refractivity contribution in [3.05, 3.63) is 48.0 Å². The number of amides is 1. The Labute approximate surface area is 105 Å². The first-order valence-corrected chi connectivity index (χ1v) is 6.29. The molecule has 2 aliphatic heterocycles. The summed E-state index contributed by atoms with van der Waals surface area (Å²) >= 11 is 0. The third-order valence-corrected chi connectivity index (χ3v) is 3.92. The lowest BCUT2D eigenvalue weighted by atomic mass is 10.1. The maximum Gasteiger partial charge on any atom is 0.256 e. The zero-order valence-electron chi connectivity index (χ0n) is 9.91. The van der Waals surface area contributed by atoms with Gasteiger partial charge in [-0.3, -0.25) is 4.79 Å². The second-order valence-electron chi connectivity index (χ2n) is 4.86. The van der Waals surface area contributed by atoms with Gasteiger partial charge >= 0.3 is 0 Å². The number of aromatic nitrogens is 2. The molecule has 4 nitrogen and oxygen atoms in total. The molecular formula is C14H13N3O. The fraction of sp³-hybridized carbons (Fsp3) is 0.286. The van der Waals surface area contributed by atoms with Gasteiger partial charge in [0, 0.05) is 6.54 Å². The molecule has 4 heteroatoms. The molecule has 2 aliphatic rings. The predicted octanol–water partition coefficient (Wildman–Crippen LogP) is 2.16. The number of benzene rings is 1. The van der Waals surface area contributed by atoms with E-state index in [1.54, 1.807) is 0 Å². The van der Waals surface area contributed by atoms with Crippen molar-refractivity contribution >= 4 is 5.91 Å². The number of hydrogen-bond acceptors (Lipinski definition) is 2. The van der Waals surface area contributed by atoms with Crippen LogP contribution < -0.4 is 0 Å². The van der Waals surface area contributed by atoms with Crippen LogP contribution >= 0.6 is 0 Å². The number of para-hydroxylation sites is 1. The summed E-state index contributed by atoms with van der Waals surface area (Å²) in [5, 5.41) is 0. The van der Waals surface area contributed by atoms with Gasteiger partial charge in [-0.15, -0.1) is 0 Å². The molecule has 1 fully saturated rings. The summed E-state index contributed by atoms with van der Waals surface area (Å²) < 4.78 is 2.06. The fourth-order valence-electron chi connectivity index (χ4n) is 3.09. The maximum atomic E-state index is 12.6. The van der Waals surface area contributed by atoms with Gasteiger partial charge in [0.1, 0.15) is 0 Å². The van der Waals surface area contributed by atoms with Crippen molar-refractivity contribution in [3.63, 3.8) is 0 Å². The second-order valence-corrected chi connectivity index (χ2v) is 4.86. The Bertz CT molecular complexity index is 631. The first kappa shape index (κ1) is 9.88. The lowest BCUT2D eigenvalue weighted by molar-refractivity contribution is 0.0738. The molecule has 1 saturated heterocycles. The largest absolute Gasteiger partial charge is 0.330 e. The summed E-state index contributed by atoms with van der Waals surface area (Å²) in [4.78, 5) is 18.8. The lowest BCUT2D eigenvalue weighted by Gasteiger charge is -2.21. The number of rotatable bonds is 0. The first-order chi connectivity index (χ1) is 8.86. The van der Waals surface area contributed by atoms with E-state index in [4.69, 9.17) is 0 Å². The second kappa shape index (κ2) is 3.45. The van der Waals surface area contributed by atoms with Crippen molar-refractivity contribution in [1.82, 2.24) is 14.5 Å². The fourth-order valence-corrected chi connectivity index (χ4v) is 3.09. The summed E-state index contributed by atoms with van der Waals surface area (Å²) in [7, 11) is 0. The van der Waals surface area contributed by atoms with Crippen LogP contribution in [0.15, 0.2) is 36.8 Å². The summed E-state index contributed by atoms with van der Waals surface area (Å²) in [5.41, 5.74) is 2.86. The zero-order chi connectivity index (χ0) is 12.1. The molecule has 0 radical (unpaired) electrons. The maximum absolute atomic E-state index is 12.6. The highest BCUT2D eigenvalue weighted by atomic mass is 16.2. The number of imidazole rings is 1. The topological polar surface area (TPSA) is 38.1 Å². The SMILES string of the molecule is O=C1c2ccccc2-n2cncc2[C@@H]2CCCN12. The first-order valence-electron chi connectivity index (χ1n) is 6.29. The average molecular weight is 239 g/mol. The molecule has 1 aromatic carbocycles. The van der Waals surface area contributed by atoms with Crippen LogP contribution in [0.2, 0.25) is 0 Å². The van der Waals surface area contributed by atoms with E-state index in [1.807, 2.05) is 41.7 Å². The molecule has 0 N–H and O–H groups in total. The molecule has 1 atom stereocenters. The number of carbonyl (C=O) groups is 1. The molecule has 2 aromatic rings. The van der Waals surface area contributed by atoms with Gasteiger partial charge in [0.25, 0.3) is 5.91 Å². The molecule has 0 saturated carbocycles. The number of carbonyl (C=O) groups excluding carboxylic acids is 1. The van der Waals surface area contributed by atoms with Crippen LogP contribution in [0, 0.1) is 0 Å².